The summed E-state index contributed by atoms with van der Waals surface area (Å²) in [6.45, 7) is 0.340. The lowest BCUT2D eigenvalue weighted by Gasteiger charge is -1.98. The van der Waals surface area contributed by atoms with Gasteiger partial charge in [-0.25, -0.2) is 4.98 Å². The van der Waals surface area contributed by atoms with E-state index in [1.54, 1.807) is 12.4 Å². The van der Waals surface area contributed by atoms with Crippen molar-refractivity contribution in [3.8, 4) is 0 Å². The second kappa shape index (κ2) is 3.73. The minimum atomic E-state index is -0.307. The Morgan fingerprint density at radius 1 is 1.57 bits per heavy atom. The van der Waals surface area contributed by atoms with Crippen LogP contribution in [0, 0.1) is 0 Å². The number of nitrogens with one attached hydrogen (secondary N) is 2. The van der Waals surface area contributed by atoms with Crippen LogP contribution in [0.2, 0.25) is 0 Å². The minimum Gasteiger partial charge on any atom is -0.351 e. The zero-order chi connectivity index (χ0) is 9.80. The summed E-state index contributed by atoms with van der Waals surface area (Å²) in [7, 11) is 0. The number of rotatable bonds is 3. The summed E-state index contributed by atoms with van der Waals surface area (Å²) in [4.78, 5) is 18.1. The monoisotopic (exact) mass is 192 g/mol. The normalized spacial score (nSPS) is 10.0. The van der Waals surface area contributed by atoms with Gasteiger partial charge in [-0.2, -0.15) is 0 Å². The first-order valence-corrected chi connectivity index (χ1v) is 4.03. The molecule has 0 aromatic carbocycles. The highest BCUT2D eigenvalue weighted by Gasteiger charge is 2.08. The number of amides is 1. The first-order valence-electron chi connectivity index (χ1n) is 4.03. The Bertz CT molecular complexity index is 393. The quantitative estimate of drug-likeness (QED) is 0.733. The third-order valence-corrected chi connectivity index (χ3v) is 1.63. The first kappa shape index (κ1) is 8.49. The van der Waals surface area contributed by atoms with E-state index in [1.165, 1.54) is 12.3 Å². The average molecular weight is 192 g/mol. The maximum absolute atomic E-state index is 11.3. The first-order chi connectivity index (χ1) is 6.86. The van der Waals surface area contributed by atoms with Crippen molar-refractivity contribution >= 4 is 5.91 Å². The van der Waals surface area contributed by atoms with Crippen LogP contribution in [-0.2, 0) is 6.54 Å². The largest absolute Gasteiger partial charge is 0.351 e. The van der Waals surface area contributed by atoms with Gasteiger partial charge in [-0.15, -0.1) is 0 Å². The second-order valence-corrected chi connectivity index (χ2v) is 2.60. The minimum absolute atomic E-state index is 0.191. The molecule has 2 N–H and O–H groups in total. The lowest BCUT2D eigenvalue weighted by molar-refractivity contribution is 0.0913. The lowest BCUT2D eigenvalue weighted by Crippen LogP contribution is -2.22. The topological polar surface area (TPSA) is 83.8 Å². The van der Waals surface area contributed by atoms with E-state index in [9.17, 15) is 4.79 Å². The van der Waals surface area contributed by atoms with Crippen LogP contribution in [0.15, 0.2) is 29.2 Å². The molecule has 2 rings (SSSR count). The van der Waals surface area contributed by atoms with E-state index < -0.39 is 0 Å². The molecule has 0 unspecified atom stereocenters. The fourth-order valence-electron chi connectivity index (χ4n) is 0.979. The van der Waals surface area contributed by atoms with E-state index in [1.807, 2.05) is 0 Å². The summed E-state index contributed by atoms with van der Waals surface area (Å²) in [5, 5.41) is 6.05. The van der Waals surface area contributed by atoms with Gasteiger partial charge in [0.05, 0.1) is 12.7 Å². The van der Waals surface area contributed by atoms with Crippen molar-refractivity contribution in [3.63, 3.8) is 0 Å². The molecule has 0 aliphatic heterocycles. The van der Waals surface area contributed by atoms with Crippen LogP contribution in [0.1, 0.15) is 16.4 Å². The number of hydrogen-bond donors (Lipinski definition) is 2. The fourth-order valence-corrected chi connectivity index (χ4v) is 0.979. The molecule has 2 aromatic heterocycles. The Kier molecular flexibility index (Phi) is 2.26. The summed E-state index contributed by atoms with van der Waals surface area (Å²) in [6.07, 6.45) is 4.73. The van der Waals surface area contributed by atoms with E-state index >= 15 is 0 Å². The maximum atomic E-state index is 11.3. The molecular weight excluding hydrogens is 184 g/mol. The Morgan fingerprint density at radius 3 is 3.14 bits per heavy atom. The van der Waals surface area contributed by atoms with E-state index in [-0.39, 0.29) is 11.7 Å². The van der Waals surface area contributed by atoms with Crippen molar-refractivity contribution in [1.82, 2.24) is 20.4 Å². The zero-order valence-corrected chi connectivity index (χ0v) is 7.23. The number of imidazole rings is 1. The summed E-state index contributed by atoms with van der Waals surface area (Å²) in [6, 6.07) is 1.50. The lowest BCUT2D eigenvalue weighted by atomic mass is 10.4. The summed E-state index contributed by atoms with van der Waals surface area (Å²) in [5.74, 6) is 0.577. The molecule has 6 heteroatoms. The number of carbonyl (C=O) groups is 1. The van der Waals surface area contributed by atoms with Gasteiger partial charge in [-0.1, -0.05) is 5.16 Å². The molecular formula is C8H8N4O2. The molecule has 14 heavy (non-hydrogen) atoms. The Labute approximate surface area is 79.3 Å². The van der Waals surface area contributed by atoms with Crippen LogP contribution in [0.25, 0.3) is 0 Å². The van der Waals surface area contributed by atoms with Crippen molar-refractivity contribution in [1.29, 1.82) is 0 Å². The molecule has 1 amide bonds. The van der Waals surface area contributed by atoms with Gasteiger partial charge in [-0.05, 0) is 0 Å². The van der Waals surface area contributed by atoms with Crippen molar-refractivity contribution in [2.24, 2.45) is 0 Å². The van der Waals surface area contributed by atoms with Crippen LogP contribution in [0.5, 0.6) is 0 Å². The fraction of sp³-hybridized carbons (Fsp3) is 0.125. The predicted octanol–water partition coefficient (Wildman–Crippen LogP) is 0.328. The van der Waals surface area contributed by atoms with Crippen molar-refractivity contribution in [2.45, 2.75) is 6.54 Å². The summed E-state index contributed by atoms with van der Waals surface area (Å²) in [5.41, 5.74) is 0. The van der Waals surface area contributed by atoms with Gasteiger partial charge in [0.25, 0.3) is 5.91 Å². The molecule has 0 atom stereocenters. The highest BCUT2D eigenvalue weighted by molar-refractivity contribution is 5.91. The number of aromatic amines is 1. The van der Waals surface area contributed by atoms with Crippen molar-refractivity contribution < 1.29 is 9.32 Å². The second-order valence-electron chi connectivity index (χ2n) is 2.60. The van der Waals surface area contributed by atoms with Gasteiger partial charge >= 0.3 is 0 Å². The number of carbonyl (C=O) groups excluding carboxylic acids is 1. The van der Waals surface area contributed by atoms with Gasteiger partial charge in [0.2, 0.25) is 5.76 Å². The molecule has 72 valence electrons. The van der Waals surface area contributed by atoms with Gasteiger partial charge in [0, 0.05) is 18.5 Å². The van der Waals surface area contributed by atoms with E-state index in [0.717, 1.165) is 0 Å². The number of hydrogen-bond acceptors (Lipinski definition) is 4. The highest BCUT2D eigenvalue weighted by atomic mass is 16.5. The molecule has 0 spiro atoms. The van der Waals surface area contributed by atoms with E-state index in [2.05, 4.69) is 25.0 Å². The molecule has 2 heterocycles. The third-order valence-electron chi connectivity index (χ3n) is 1.63. The molecule has 2 aromatic rings. The Balaban J connectivity index is 1.90. The SMILES string of the molecule is O=C(NCc1ncc[nH]1)c1ccno1. The van der Waals surface area contributed by atoms with Gasteiger partial charge in [0.15, 0.2) is 0 Å². The van der Waals surface area contributed by atoms with Crippen LogP contribution in [0.3, 0.4) is 0 Å². The van der Waals surface area contributed by atoms with Gasteiger partial charge in [0.1, 0.15) is 5.82 Å². The maximum Gasteiger partial charge on any atom is 0.290 e. The van der Waals surface area contributed by atoms with E-state index in [4.69, 9.17) is 0 Å². The van der Waals surface area contributed by atoms with Crippen LogP contribution in [0.4, 0.5) is 0 Å². The van der Waals surface area contributed by atoms with Crippen molar-refractivity contribution in [3.05, 3.63) is 36.2 Å². The summed E-state index contributed by atoms with van der Waals surface area (Å²) >= 11 is 0. The third kappa shape index (κ3) is 1.79. The van der Waals surface area contributed by atoms with Crippen LogP contribution in [-0.4, -0.2) is 21.0 Å². The van der Waals surface area contributed by atoms with Crippen LogP contribution < -0.4 is 5.32 Å². The average Bonchev–Trinajstić information content (AvgIpc) is 2.87. The number of nitrogens with zero attached hydrogens (tertiary/aromatic N) is 2. The molecule has 0 bridgehead atoms. The molecule has 6 nitrogen and oxygen atoms in total. The zero-order valence-electron chi connectivity index (χ0n) is 7.23. The molecule has 0 aliphatic rings. The Morgan fingerprint density at radius 2 is 2.50 bits per heavy atom. The van der Waals surface area contributed by atoms with E-state index in [0.29, 0.717) is 12.4 Å². The standard InChI is InChI=1S/C8H8N4O2/c13-8(6-1-2-12-14-6)11-5-7-9-3-4-10-7/h1-4H,5H2,(H,9,10)(H,11,13). The number of H-pyrrole nitrogens is 1. The Hall–Kier alpha value is -2.11. The predicted molar refractivity (Wildman–Crippen MR) is 46.3 cm³/mol. The molecule has 0 saturated carbocycles. The van der Waals surface area contributed by atoms with Gasteiger partial charge in [-0.3, -0.25) is 4.79 Å². The molecule has 0 aliphatic carbocycles. The molecule has 0 radical (unpaired) electrons. The summed E-state index contributed by atoms with van der Waals surface area (Å²) < 4.78 is 4.67. The van der Waals surface area contributed by atoms with Crippen LogP contribution >= 0.6 is 0 Å². The smallest absolute Gasteiger partial charge is 0.290 e. The molecule has 0 fully saturated rings. The van der Waals surface area contributed by atoms with Crippen molar-refractivity contribution in [2.75, 3.05) is 0 Å². The van der Waals surface area contributed by atoms with Gasteiger partial charge < -0.3 is 14.8 Å². The number of aromatic nitrogens is 3. The highest BCUT2D eigenvalue weighted by Crippen LogP contribution is 1.96. The molecule has 0 saturated heterocycles.